The molecule has 0 aromatic rings. The van der Waals surface area contributed by atoms with E-state index in [2.05, 4.69) is 10.0 Å². The molecule has 118 valence electrons. The molecule has 20 heavy (non-hydrogen) atoms. The summed E-state index contributed by atoms with van der Waals surface area (Å²) in [4.78, 5) is 12.1. The van der Waals surface area contributed by atoms with Crippen LogP contribution in [0.3, 0.4) is 0 Å². The van der Waals surface area contributed by atoms with Crippen molar-refractivity contribution in [3.05, 3.63) is 0 Å². The van der Waals surface area contributed by atoms with Gasteiger partial charge in [0.25, 0.3) is 0 Å². The van der Waals surface area contributed by atoms with Gasteiger partial charge >= 0.3 is 0 Å². The second-order valence-electron chi connectivity index (χ2n) is 5.15. The van der Waals surface area contributed by atoms with Crippen molar-refractivity contribution in [2.24, 2.45) is 0 Å². The topological polar surface area (TPSA) is 95.5 Å². The van der Waals surface area contributed by atoms with Gasteiger partial charge in [-0.1, -0.05) is 0 Å². The van der Waals surface area contributed by atoms with Gasteiger partial charge in [0.2, 0.25) is 15.9 Å². The maximum absolute atomic E-state index is 12.1. The molecule has 3 N–H and O–H groups in total. The van der Waals surface area contributed by atoms with E-state index in [4.69, 9.17) is 0 Å². The van der Waals surface area contributed by atoms with Gasteiger partial charge in [0.05, 0.1) is 11.4 Å². The number of amides is 1. The lowest BCUT2D eigenvalue weighted by molar-refractivity contribution is -0.125. The predicted molar refractivity (Wildman–Crippen MR) is 81.2 cm³/mol. The van der Waals surface area contributed by atoms with Crippen molar-refractivity contribution in [2.45, 2.75) is 44.2 Å². The Kier molecular flexibility index (Phi) is 6.77. The SMILES string of the molecule is CCS(=O)(=O)NC(CCSC)C(=O)NCC1(O)CCC1. The highest BCUT2D eigenvalue weighted by Crippen LogP contribution is 2.30. The first-order chi connectivity index (χ1) is 9.32. The molecular formula is C12H24N2O4S2. The lowest BCUT2D eigenvalue weighted by Crippen LogP contribution is -2.53. The van der Waals surface area contributed by atoms with Gasteiger partial charge in [-0.3, -0.25) is 4.79 Å². The van der Waals surface area contributed by atoms with E-state index in [1.807, 2.05) is 6.26 Å². The fourth-order valence-electron chi connectivity index (χ4n) is 1.92. The number of rotatable bonds is 9. The summed E-state index contributed by atoms with van der Waals surface area (Å²) in [5.74, 6) is 0.269. The highest BCUT2D eigenvalue weighted by Gasteiger charge is 2.35. The van der Waals surface area contributed by atoms with Crippen molar-refractivity contribution in [3.63, 3.8) is 0 Å². The zero-order valence-electron chi connectivity index (χ0n) is 12.0. The molecule has 0 saturated heterocycles. The summed E-state index contributed by atoms with van der Waals surface area (Å²) >= 11 is 1.56. The van der Waals surface area contributed by atoms with Crippen LogP contribution in [0.1, 0.15) is 32.6 Å². The smallest absolute Gasteiger partial charge is 0.238 e. The van der Waals surface area contributed by atoms with Gasteiger partial charge in [0.15, 0.2) is 0 Å². The second kappa shape index (κ2) is 7.63. The third-order valence-electron chi connectivity index (χ3n) is 3.50. The van der Waals surface area contributed by atoms with Gasteiger partial charge < -0.3 is 10.4 Å². The van der Waals surface area contributed by atoms with Gasteiger partial charge in [-0.15, -0.1) is 0 Å². The molecular weight excluding hydrogens is 300 g/mol. The summed E-state index contributed by atoms with van der Waals surface area (Å²) in [6.07, 6.45) is 4.67. The number of carbonyl (C=O) groups is 1. The normalized spacial score (nSPS) is 19.1. The molecule has 1 rings (SSSR count). The summed E-state index contributed by atoms with van der Waals surface area (Å²) in [5.41, 5.74) is -0.802. The number of hydrogen-bond acceptors (Lipinski definition) is 5. The van der Waals surface area contributed by atoms with E-state index < -0.39 is 21.7 Å². The molecule has 1 fully saturated rings. The van der Waals surface area contributed by atoms with Gasteiger partial charge in [-0.05, 0) is 44.6 Å². The molecule has 1 atom stereocenters. The minimum atomic E-state index is -3.42. The van der Waals surface area contributed by atoms with Crippen LogP contribution in [0.15, 0.2) is 0 Å². The van der Waals surface area contributed by atoms with Crippen molar-refractivity contribution < 1.29 is 18.3 Å². The van der Waals surface area contributed by atoms with Crippen LogP contribution in [0.5, 0.6) is 0 Å². The molecule has 6 nitrogen and oxygen atoms in total. The quantitative estimate of drug-likeness (QED) is 0.558. The van der Waals surface area contributed by atoms with Crippen LogP contribution in [-0.2, 0) is 14.8 Å². The van der Waals surface area contributed by atoms with Crippen molar-refractivity contribution in [1.29, 1.82) is 0 Å². The summed E-state index contributed by atoms with van der Waals surface area (Å²) in [6.45, 7) is 1.72. The van der Waals surface area contributed by atoms with Crippen molar-refractivity contribution in [2.75, 3.05) is 24.3 Å². The lowest BCUT2D eigenvalue weighted by atomic mass is 9.80. The standard InChI is InChI=1S/C12H24N2O4S2/c1-3-20(17,18)14-10(5-8-19-2)11(15)13-9-12(16)6-4-7-12/h10,14,16H,3-9H2,1-2H3,(H,13,15). The first kappa shape index (κ1) is 17.7. The molecule has 1 amide bonds. The Bertz CT molecular complexity index is 421. The van der Waals surface area contributed by atoms with Crippen molar-refractivity contribution in [1.82, 2.24) is 10.0 Å². The molecule has 0 aliphatic heterocycles. The van der Waals surface area contributed by atoms with Crippen molar-refractivity contribution in [3.8, 4) is 0 Å². The average molecular weight is 324 g/mol. The minimum absolute atomic E-state index is 0.0556. The Hall–Kier alpha value is -0.310. The van der Waals surface area contributed by atoms with Crippen LogP contribution < -0.4 is 10.0 Å². The molecule has 0 heterocycles. The van der Waals surface area contributed by atoms with Crippen LogP contribution in [0.2, 0.25) is 0 Å². The third kappa shape index (κ3) is 5.59. The highest BCUT2D eigenvalue weighted by atomic mass is 32.2. The van der Waals surface area contributed by atoms with E-state index in [0.29, 0.717) is 25.0 Å². The van der Waals surface area contributed by atoms with E-state index in [1.165, 1.54) is 6.92 Å². The average Bonchev–Trinajstić information content (AvgIpc) is 2.38. The van der Waals surface area contributed by atoms with E-state index >= 15 is 0 Å². The number of sulfonamides is 1. The molecule has 0 aromatic heterocycles. The minimum Gasteiger partial charge on any atom is -0.388 e. The third-order valence-corrected chi connectivity index (χ3v) is 5.55. The number of thioether (sulfide) groups is 1. The molecule has 1 aliphatic rings. The maximum atomic E-state index is 12.1. The first-order valence-corrected chi connectivity index (χ1v) is 9.85. The van der Waals surface area contributed by atoms with E-state index in [9.17, 15) is 18.3 Å². The van der Waals surface area contributed by atoms with E-state index in [0.717, 1.165) is 6.42 Å². The lowest BCUT2D eigenvalue weighted by Gasteiger charge is -2.36. The predicted octanol–water partition coefficient (Wildman–Crippen LogP) is 0.0786. The summed E-state index contributed by atoms with van der Waals surface area (Å²) in [7, 11) is -3.42. The molecule has 0 aromatic carbocycles. The monoisotopic (exact) mass is 324 g/mol. The van der Waals surface area contributed by atoms with Crippen molar-refractivity contribution >= 4 is 27.7 Å². The molecule has 8 heteroatoms. The number of nitrogens with one attached hydrogen (secondary N) is 2. The van der Waals surface area contributed by atoms with Gasteiger partial charge in [-0.2, -0.15) is 11.8 Å². The molecule has 0 spiro atoms. The van der Waals surface area contributed by atoms with Gasteiger partial charge in [-0.25, -0.2) is 13.1 Å². The summed E-state index contributed by atoms with van der Waals surface area (Å²) < 4.78 is 25.6. The van der Waals surface area contributed by atoms with Gasteiger partial charge in [0, 0.05) is 6.54 Å². The number of carbonyl (C=O) groups excluding carboxylic acids is 1. The van der Waals surface area contributed by atoms with Crippen LogP contribution >= 0.6 is 11.8 Å². The van der Waals surface area contributed by atoms with Crippen LogP contribution in [0.25, 0.3) is 0 Å². The van der Waals surface area contributed by atoms with Crippen LogP contribution in [0, 0.1) is 0 Å². The molecule has 1 unspecified atom stereocenters. The largest absolute Gasteiger partial charge is 0.388 e. The Labute approximate surface area is 125 Å². The van der Waals surface area contributed by atoms with E-state index in [1.54, 1.807) is 11.8 Å². The van der Waals surface area contributed by atoms with Gasteiger partial charge in [0.1, 0.15) is 6.04 Å². The molecule has 0 radical (unpaired) electrons. The zero-order chi connectivity index (χ0) is 15.2. The second-order valence-corrected chi connectivity index (χ2v) is 8.18. The summed E-state index contributed by atoms with van der Waals surface area (Å²) in [5, 5.41) is 12.6. The maximum Gasteiger partial charge on any atom is 0.238 e. The molecule has 1 saturated carbocycles. The Morgan fingerprint density at radius 1 is 1.45 bits per heavy atom. The zero-order valence-corrected chi connectivity index (χ0v) is 13.6. The summed E-state index contributed by atoms with van der Waals surface area (Å²) in [6, 6.07) is -0.768. The first-order valence-electron chi connectivity index (χ1n) is 6.81. The molecule has 1 aliphatic carbocycles. The fraction of sp³-hybridized carbons (Fsp3) is 0.917. The highest BCUT2D eigenvalue weighted by molar-refractivity contribution is 7.98. The number of hydrogen-bond donors (Lipinski definition) is 3. The molecule has 0 bridgehead atoms. The number of aliphatic hydroxyl groups is 1. The van der Waals surface area contributed by atoms with Crippen LogP contribution in [-0.4, -0.2) is 55.4 Å². The van der Waals surface area contributed by atoms with E-state index in [-0.39, 0.29) is 18.2 Å². The Balaban J connectivity index is 2.54. The Morgan fingerprint density at radius 3 is 2.55 bits per heavy atom. The Morgan fingerprint density at radius 2 is 2.10 bits per heavy atom. The fourth-order valence-corrected chi connectivity index (χ4v) is 3.21. The van der Waals surface area contributed by atoms with Crippen LogP contribution in [0.4, 0.5) is 0 Å².